The highest BCUT2D eigenvalue weighted by molar-refractivity contribution is 7.13. The Morgan fingerprint density at radius 2 is 2.28 bits per heavy atom. The van der Waals surface area contributed by atoms with E-state index in [0.717, 1.165) is 10.8 Å². The van der Waals surface area contributed by atoms with Crippen molar-refractivity contribution in [3.05, 3.63) is 40.7 Å². The third-order valence-electron chi connectivity index (χ3n) is 2.86. The number of anilines is 2. The zero-order chi connectivity index (χ0) is 12.5. The lowest BCUT2D eigenvalue weighted by molar-refractivity contribution is 0.627. The van der Waals surface area contributed by atoms with Gasteiger partial charge in [-0.2, -0.15) is 5.26 Å². The van der Waals surface area contributed by atoms with Crippen LogP contribution in [-0.2, 0) is 0 Å². The molecule has 0 saturated heterocycles. The number of hydrogen-bond donors (Lipinski definition) is 1. The highest BCUT2D eigenvalue weighted by Gasteiger charge is 2.26. The van der Waals surface area contributed by atoms with Crippen LogP contribution >= 0.6 is 11.3 Å². The minimum absolute atomic E-state index is 0.290. The molecular formula is C13H10FN3S. The van der Waals surface area contributed by atoms with Gasteiger partial charge in [-0.3, -0.25) is 0 Å². The molecule has 0 spiro atoms. The summed E-state index contributed by atoms with van der Waals surface area (Å²) in [4.78, 5) is 4.47. The molecule has 3 rings (SSSR count). The Morgan fingerprint density at radius 3 is 3.00 bits per heavy atom. The van der Waals surface area contributed by atoms with Gasteiger partial charge in [0.05, 0.1) is 16.9 Å². The molecule has 1 aliphatic rings. The van der Waals surface area contributed by atoms with Gasteiger partial charge in [-0.05, 0) is 31.0 Å². The minimum atomic E-state index is -0.407. The van der Waals surface area contributed by atoms with E-state index in [-0.39, 0.29) is 5.56 Å². The van der Waals surface area contributed by atoms with Crippen LogP contribution in [0.25, 0.3) is 0 Å². The fourth-order valence-electron chi connectivity index (χ4n) is 1.74. The van der Waals surface area contributed by atoms with Gasteiger partial charge < -0.3 is 5.32 Å². The van der Waals surface area contributed by atoms with Crippen LogP contribution in [0.1, 0.15) is 30.0 Å². The fourth-order valence-corrected chi connectivity index (χ4v) is 2.55. The SMILES string of the molecule is N#Cc1cc(F)ccc1Nc1nc(C2CC2)cs1. The number of nitrogens with zero attached hydrogens (tertiary/aromatic N) is 2. The van der Waals surface area contributed by atoms with Crippen molar-refractivity contribution in [2.24, 2.45) is 0 Å². The second-order valence-electron chi connectivity index (χ2n) is 4.28. The second kappa shape index (κ2) is 4.39. The van der Waals surface area contributed by atoms with Gasteiger partial charge in [0, 0.05) is 11.3 Å². The predicted octanol–water partition coefficient (Wildman–Crippen LogP) is 3.77. The van der Waals surface area contributed by atoms with E-state index in [2.05, 4.69) is 10.3 Å². The summed E-state index contributed by atoms with van der Waals surface area (Å²) >= 11 is 1.51. The van der Waals surface area contributed by atoms with Crippen LogP contribution in [0.15, 0.2) is 23.6 Å². The molecule has 0 unspecified atom stereocenters. The standard InChI is InChI=1S/C13H10FN3S/c14-10-3-4-11(9(5-10)6-15)16-13-17-12(7-18-13)8-1-2-8/h3-5,7-8H,1-2H2,(H,16,17). The molecule has 1 saturated carbocycles. The van der Waals surface area contributed by atoms with Gasteiger partial charge in [0.2, 0.25) is 0 Å². The Hall–Kier alpha value is -1.93. The van der Waals surface area contributed by atoms with Gasteiger partial charge in [0.15, 0.2) is 5.13 Å². The molecule has 90 valence electrons. The summed E-state index contributed by atoms with van der Waals surface area (Å²) in [5, 5.41) is 14.8. The number of rotatable bonds is 3. The van der Waals surface area contributed by atoms with Gasteiger partial charge in [-0.15, -0.1) is 11.3 Å². The zero-order valence-corrected chi connectivity index (χ0v) is 10.3. The zero-order valence-electron chi connectivity index (χ0n) is 9.48. The second-order valence-corrected chi connectivity index (χ2v) is 5.14. The number of halogens is 1. The Labute approximate surface area is 108 Å². The molecule has 1 N–H and O–H groups in total. The maximum atomic E-state index is 13.0. The maximum Gasteiger partial charge on any atom is 0.187 e. The highest BCUT2D eigenvalue weighted by atomic mass is 32.1. The molecule has 2 aromatic rings. The highest BCUT2D eigenvalue weighted by Crippen LogP contribution is 2.41. The molecule has 1 heterocycles. The number of nitrogens with one attached hydrogen (secondary N) is 1. The van der Waals surface area contributed by atoms with Crippen LogP contribution in [0.2, 0.25) is 0 Å². The van der Waals surface area contributed by atoms with Crippen molar-refractivity contribution in [1.82, 2.24) is 4.98 Å². The summed E-state index contributed by atoms with van der Waals surface area (Å²) in [6.45, 7) is 0. The quantitative estimate of drug-likeness (QED) is 0.912. The topological polar surface area (TPSA) is 48.7 Å². The van der Waals surface area contributed by atoms with Gasteiger partial charge in [0.25, 0.3) is 0 Å². The van der Waals surface area contributed by atoms with E-state index in [1.165, 1.54) is 36.3 Å². The Morgan fingerprint density at radius 1 is 1.44 bits per heavy atom. The maximum absolute atomic E-state index is 13.0. The Balaban J connectivity index is 1.84. The molecule has 3 nitrogen and oxygen atoms in total. The summed E-state index contributed by atoms with van der Waals surface area (Å²) in [6, 6.07) is 6.09. The van der Waals surface area contributed by atoms with Crippen LogP contribution in [0.5, 0.6) is 0 Å². The molecule has 0 radical (unpaired) electrons. The van der Waals surface area contributed by atoms with Gasteiger partial charge >= 0.3 is 0 Å². The molecule has 0 bridgehead atoms. The first-order chi connectivity index (χ1) is 8.76. The van der Waals surface area contributed by atoms with Crippen molar-refractivity contribution in [1.29, 1.82) is 5.26 Å². The molecule has 5 heteroatoms. The number of hydrogen-bond acceptors (Lipinski definition) is 4. The van der Waals surface area contributed by atoms with Crippen molar-refractivity contribution >= 4 is 22.2 Å². The van der Waals surface area contributed by atoms with E-state index in [1.54, 1.807) is 6.07 Å². The van der Waals surface area contributed by atoms with Gasteiger partial charge in [0.1, 0.15) is 11.9 Å². The average Bonchev–Trinajstić information content (AvgIpc) is 3.12. The van der Waals surface area contributed by atoms with Crippen LogP contribution in [0.3, 0.4) is 0 Å². The predicted molar refractivity (Wildman–Crippen MR) is 68.5 cm³/mol. The monoisotopic (exact) mass is 259 g/mol. The molecule has 1 aliphatic carbocycles. The van der Waals surface area contributed by atoms with E-state index in [4.69, 9.17) is 5.26 Å². The van der Waals surface area contributed by atoms with E-state index < -0.39 is 5.82 Å². The number of nitriles is 1. The van der Waals surface area contributed by atoms with Crippen LogP contribution in [-0.4, -0.2) is 4.98 Å². The average molecular weight is 259 g/mol. The Bertz CT molecular complexity index is 625. The molecule has 1 aromatic heterocycles. The normalized spacial score (nSPS) is 14.2. The van der Waals surface area contributed by atoms with Crippen molar-refractivity contribution in [2.45, 2.75) is 18.8 Å². The first-order valence-corrected chi connectivity index (χ1v) is 6.56. The van der Waals surface area contributed by atoms with E-state index in [9.17, 15) is 4.39 Å². The van der Waals surface area contributed by atoms with Crippen LogP contribution < -0.4 is 5.32 Å². The molecule has 1 fully saturated rings. The summed E-state index contributed by atoms with van der Waals surface area (Å²) in [5.41, 5.74) is 2.00. The van der Waals surface area contributed by atoms with Crippen molar-refractivity contribution in [3.8, 4) is 6.07 Å². The lowest BCUT2D eigenvalue weighted by atomic mass is 10.2. The van der Waals surface area contributed by atoms with Crippen molar-refractivity contribution in [2.75, 3.05) is 5.32 Å². The van der Waals surface area contributed by atoms with Crippen LogP contribution in [0.4, 0.5) is 15.2 Å². The third kappa shape index (κ3) is 2.20. The number of thiazole rings is 1. The molecule has 0 amide bonds. The lowest BCUT2D eigenvalue weighted by Crippen LogP contribution is -1.94. The van der Waals surface area contributed by atoms with Gasteiger partial charge in [-0.1, -0.05) is 0 Å². The summed E-state index contributed by atoms with van der Waals surface area (Å²) in [5.74, 6) is 0.204. The molecule has 0 atom stereocenters. The van der Waals surface area contributed by atoms with Crippen molar-refractivity contribution < 1.29 is 4.39 Å². The van der Waals surface area contributed by atoms with E-state index in [0.29, 0.717) is 11.6 Å². The lowest BCUT2D eigenvalue weighted by Gasteiger charge is -2.04. The number of aromatic nitrogens is 1. The van der Waals surface area contributed by atoms with E-state index in [1.807, 2.05) is 11.4 Å². The third-order valence-corrected chi connectivity index (χ3v) is 3.64. The summed E-state index contributed by atoms with van der Waals surface area (Å²) in [6.07, 6.45) is 2.42. The Kier molecular flexibility index (Phi) is 2.73. The molecule has 0 aliphatic heterocycles. The van der Waals surface area contributed by atoms with E-state index >= 15 is 0 Å². The summed E-state index contributed by atoms with van der Waals surface area (Å²) in [7, 11) is 0. The fraction of sp³-hybridized carbons (Fsp3) is 0.231. The molecule has 1 aromatic carbocycles. The minimum Gasteiger partial charge on any atom is -0.330 e. The molecule has 18 heavy (non-hydrogen) atoms. The summed E-state index contributed by atoms with van der Waals surface area (Å²) < 4.78 is 13.0. The smallest absolute Gasteiger partial charge is 0.187 e. The largest absolute Gasteiger partial charge is 0.330 e. The first-order valence-electron chi connectivity index (χ1n) is 5.68. The first kappa shape index (κ1) is 11.2. The number of benzene rings is 1. The van der Waals surface area contributed by atoms with Gasteiger partial charge in [-0.25, -0.2) is 9.37 Å². The molecular weight excluding hydrogens is 249 g/mol. The van der Waals surface area contributed by atoms with Crippen LogP contribution in [0, 0.1) is 17.1 Å². The van der Waals surface area contributed by atoms with Crippen molar-refractivity contribution in [3.63, 3.8) is 0 Å².